The number of non-ortho nitro benzene ring substituents is 1. The number of aromatic nitrogens is 3. The second-order valence-corrected chi connectivity index (χ2v) is 7.94. The van der Waals surface area contributed by atoms with Gasteiger partial charge in [-0.15, -0.1) is 0 Å². The third kappa shape index (κ3) is 4.07. The summed E-state index contributed by atoms with van der Waals surface area (Å²) in [4.78, 5) is 29.0. The predicted molar refractivity (Wildman–Crippen MR) is 135 cm³/mol. The van der Waals surface area contributed by atoms with Crippen molar-refractivity contribution in [3.8, 4) is 11.8 Å². The van der Waals surface area contributed by atoms with Crippen molar-refractivity contribution in [1.82, 2.24) is 14.1 Å². The number of nitrogens with zero attached hydrogens (tertiary/aromatic N) is 5. The topological polar surface area (TPSA) is 107 Å². The Labute approximate surface area is 199 Å². The van der Waals surface area contributed by atoms with Crippen LogP contribution in [0.4, 0.5) is 5.69 Å². The van der Waals surface area contributed by atoms with Gasteiger partial charge in [0.1, 0.15) is 5.82 Å². The number of para-hydroxylation sites is 2. The number of rotatable bonds is 6. The van der Waals surface area contributed by atoms with Crippen molar-refractivity contribution in [2.45, 2.75) is 13.0 Å². The summed E-state index contributed by atoms with van der Waals surface area (Å²) in [7, 11) is 0. The first-order valence-corrected chi connectivity index (χ1v) is 11.0. The Morgan fingerprint density at radius 3 is 2.57 bits per heavy atom. The molecule has 0 N–H and O–H groups in total. The lowest BCUT2D eigenvalue weighted by Gasteiger charge is -2.11. The minimum absolute atomic E-state index is 0.113. The second-order valence-electron chi connectivity index (χ2n) is 7.94. The molecule has 2 heterocycles. The quantitative estimate of drug-likeness (QED) is 0.251. The maximum atomic E-state index is 13.5. The monoisotopic (exact) mass is 461 g/mol. The Balaban J connectivity index is 1.70. The van der Waals surface area contributed by atoms with Gasteiger partial charge in [-0.2, -0.15) is 5.26 Å². The fourth-order valence-electron chi connectivity index (χ4n) is 4.18. The third-order valence-corrected chi connectivity index (χ3v) is 5.80. The summed E-state index contributed by atoms with van der Waals surface area (Å²) >= 11 is 0. The molecule has 0 saturated heterocycles. The van der Waals surface area contributed by atoms with Gasteiger partial charge < -0.3 is 4.57 Å². The van der Waals surface area contributed by atoms with E-state index < -0.39 is 4.92 Å². The van der Waals surface area contributed by atoms with Crippen molar-refractivity contribution in [3.63, 3.8) is 0 Å². The van der Waals surface area contributed by atoms with Crippen molar-refractivity contribution in [1.29, 1.82) is 5.26 Å². The number of aryl methyl sites for hydroxylation is 1. The molecule has 0 aliphatic heterocycles. The first kappa shape index (κ1) is 21.8. The Hall–Kier alpha value is -5.03. The van der Waals surface area contributed by atoms with Crippen molar-refractivity contribution < 1.29 is 4.92 Å². The molecule has 0 radical (unpaired) electrons. The minimum atomic E-state index is -0.491. The molecule has 0 fully saturated rings. The number of nitriles is 1. The molecule has 35 heavy (non-hydrogen) atoms. The van der Waals surface area contributed by atoms with Crippen LogP contribution in [0.25, 0.3) is 39.6 Å². The van der Waals surface area contributed by atoms with E-state index in [4.69, 9.17) is 10.2 Å². The highest BCUT2D eigenvalue weighted by Crippen LogP contribution is 2.24. The lowest BCUT2D eigenvalue weighted by molar-refractivity contribution is -0.384. The SMILES string of the molecule is N#CCCn1cc(C=Cc2nc3ccccc3c(=O)n2-c2cccc([N+](=O)[O-])c2)c2ccccc21. The lowest BCUT2D eigenvalue weighted by Crippen LogP contribution is -2.22. The maximum Gasteiger partial charge on any atom is 0.271 e. The summed E-state index contributed by atoms with van der Waals surface area (Å²) in [6.07, 6.45) is 5.97. The molecular weight excluding hydrogens is 442 g/mol. The number of fused-ring (bicyclic) bond motifs is 2. The number of nitro groups is 1. The molecule has 0 bridgehead atoms. The van der Waals surface area contributed by atoms with Crippen molar-refractivity contribution in [2.24, 2.45) is 0 Å². The van der Waals surface area contributed by atoms with E-state index in [9.17, 15) is 14.9 Å². The Morgan fingerprint density at radius 1 is 1.00 bits per heavy atom. The molecule has 8 nitrogen and oxygen atoms in total. The van der Waals surface area contributed by atoms with Gasteiger partial charge in [0.05, 0.1) is 34.0 Å². The molecular formula is C27H19N5O3. The number of hydrogen-bond acceptors (Lipinski definition) is 5. The summed E-state index contributed by atoms with van der Waals surface area (Å²) in [6.45, 7) is 0.567. The zero-order chi connectivity index (χ0) is 24.4. The van der Waals surface area contributed by atoms with E-state index in [1.165, 1.54) is 16.7 Å². The van der Waals surface area contributed by atoms with E-state index >= 15 is 0 Å². The van der Waals surface area contributed by atoms with Crippen LogP contribution < -0.4 is 5.56 Å². The predicted octanol–water partition coefficient (Wildman–Crippen LogP) is 5.33. The molecule has 8 heteroatoms. The zero-order valence-electron chi connectivity index (χ0n) is 18.5. The number of nitro benzene ring substituents is 1. The molecule has 0 spiro atoms. The summed E-state index contributed by atoms with van der Waals surface area (Å²) in [6, 6.07) is 23.0. The molecule has 5 rings (SSSR count). The summed E-state index contributed by atoms with van der Waals surface area (Å²) in [5, 5.41) is 21.8. The van der Waals surface area contributed by atoms with Gasteiger partial charge in [0.25, 0.3) is 11.2 Å². The zero-order valence-corrected chi connectivity index (χ0v) is 18.5. The van der Waals surface area contributed by atoms with E-state index in [1.807, 2.05) is 47.2 Å². The average molecular weight is 461 g/mol. The van der Waals surface area contributed by atoms with Crippen molar-refractivity contribution in [3.05, 3.63) is 111 Å². The van der Waals surface area contributed by atoms with Gasteiger partial charge in [-0.3, -0.25) is 19.5 Å². The third-order valence-electron chi connectivity index (χ3n) is 5.80. The van der Waals surface area contributed by atoms with Crippen LogP contribution >= 0.6 is 0 Å². The number of benzene rings is 3. The first-order valence-electron chi connectivity index (χ1n) is 11.0. The van der Waals surface area contributed by atoms with Crippen LogP contribution in [0.3, 0.4) is 0 Å². The second kappa shape index (κ2) is 9.08. The molecule has 0 unspecified atom stereocenters. The van der Waals surface area contributed by atoms with Gasteiger partial charge in [0, 0.05) is 41.3 Å². The highest BCUT2D eigenvalue weighted by molar-refractivity contribution is 5.92. The summed E-state index contributed by atoms with van der Waals surface area (Å²) in [5.74, 6) is 0.350. The summed E-state index contributed by atoms with van der Waals surface area (Å²) < 4.78 is 3.42. The number of hydrogen-bond donors (Lipinski definition) is 0. The van der Waals surface area contributed by atoms with E-state index in [1.54, 1.807) is 36.4 Å². The highest BCUT2D eigenvalue weighted by atomic mass is 16.6. The standard InChI is InChI=1S/C27H19N5O3/c28-15-6-16-30-18-19(22-9-2-4-12-25(22)30)13-14-26-29-24-11-3-1-10-23(24)27(33)31(26)20-7-5-8-21(17-20)32(34)35/h1-5,7-14,17-18H,6,16H2. The fraction of sp³-hybridized carbons (Fsp3) is 0.0741. The highest BCUT2D eigenvalue weighted by Gasteiger charge is 2.14. The molecule has 0 amide bonds. The Bertz CT molecular complexity index is 1720. The first-order chi connectivity index (χ1) is 17.1. The van der Waals surface area contributed by atoms with Gasteiger partial charge in [0.15, 0.2) is 0 Å². The van der Waals surface area contributed by atoms with Crippen LogP contribution in [-0.2, 0) is 6.54 Å². The molecule has 2 aromatic heterocycles. The molecule has 5 aromatic rings. The molecule has 3 aromatic carbocycles. The molecule has 0 aliphatic rings. The van der Waals surface area contributed by atoms with Crippen LogP contribution in [0.2, 0.25) is 0 Å². The van der Waals surface area contributed by atoms with Crippen LogP contribution in [0.5, 0.6) is 0 Å². The minimum Gasteiger partial charge on any atom is -0.346 e. The van der Waals surface area contributed by atoms with E-state index in [0.717, 1.165) is 16.5 Å². The fourth-order valence-corrected chi connectivity index (χ4v) is 4.18. The average Bonchev–Trinajstić information content (AvgIpc) is 3.24. The Kier molecular flexibility index (Phi) is 5.65. The van der Waals surface area contributed by atoms with Crippen LogP contribution in [0.1, 0.15) is 17.8 Å². The molecule has 0 saturated carbocycles. The Morgan fingerprint density at radius 2 is 1.77 bits per heavy atom. The van der Waals surface area contributed by atoms with E-state index in [-0.39, 0.29) is 11.2 Å². The van der Waals surface area contributed by atoms with Crippen molar-refractivity contribution >= 4 is 39.6 Å². The normalized spacial score (nSPS) is 11.3. The van der Waals surface area contributed by atoms with Crippen LogP contribution in [0.15, 0.2) is 83.8 Å². The molecule has 0 aliphatic carbocycles. The van der Waals surface area contributed by atoms with Crippen LogP contribution in [-0.4, -0.2) is 19.0 Å². The van der Waals surface area contributed by atoms with Gasteiger partial charge >= 0.3 is 0 Å². The van der Waals surface area contributed by atoms with Gasteiger partial charge in [-0.25, -0.2) is 4.98 Å². The molecule has 170 valence electrons. The maximum absolute atomic E-state index is 13.5. The van der Waals surface area contributed by atoms with Gasteiger partial charge in [-0.05, 0) is 36.4 Å². The van der Waals surface area contributed by atoms with Crippen LogP contribution in [0, 0.1) is 21.4 Å². The summed E-state index contributed by atoms with van der Waals surface area (Å²) in [5.41, 5.74) is 2.38. The lowest BCUT2D eigenvalue weighted by atomic mass is 10.1. The largest absolute Gasteiger partial charge is 0.346 e. The van der Waals surface area contributed by atoms with E-state index in [0.29, 0.717) is 35.4 Å². The van der Waals surface area contributed by atoms with Gasteiger partial charge in [-0.1, -0.05) is 36.4 Å². The van der Waals surface area contributed by atoms with E-state index in [2.05, 4.69) is 6.07 Å². The smallest absolute Gasteiger partial charge is 0.271 e. The van der Waals surface area contributed by atoms with Crippen molar-refractivity contribution in [2.75, 3.05) is 0 Å². The molecule has 0 atom stereocenters. The van der Waals surface area contributed by atoms with Gasteiger partial charge in [0.2, 0.25) is 0 Å².